The van der Waals surface area contributed by atoms with Crippen LogP contribution in [0.3, 0.4) is 0 Å². The van der Waals surface area contributed by atoms with E-state index in [0.29, 0.717) is 0 Å². The summed E-state index contributed by atoms with van der Waals surface area (Å²) in [5.41, 5.74) is -0.243. The van der Waals surface area contributed by atoms with E-state index in [1.54, 1.807) is 20.8 Å². The topological polar surface area (TPSA) is 108 Å². The van der Waals surface area contributed by atoms with Crippen molar-refractivity contribution < 1.29 is 28.6 Å². The van der Waals surface area contributed by atoms with Gasteiger partial charge in [-0.15, -0.1) is 0 Å². The largest absolute Gasteiger partial charge is 0.481 e. The molecule has 0 saturated carbocycles. The summed E-state index contributed by atoms with van der Waals surface area (Å²) in [6, 6.07) is 4.68. The van der Waals surface area contributed by atoms with Gasteiger partial charge in [-0.1, -0.05) is 12.1 Å². The molecule has 1 saturated heterocycles. The Balaban J connectivity index is 2.49. The summed E-state index contributed by atoms with van der Waals surface area (Å²) >= 11 is 5.06. The Bertz CT molecular complexity index is 762. The van der Waals surface area contributed by atoms with Crippen molar-refractivity contribution in [3.8, 4) is 0 Å². The molecule has 1 aliphatic rings. The van der Waals surface area contributed by atoms with E-state index < -0.39 is 41.3 Å². The average molecular weight is 383 g/mol. The first-order chi connectivity index (χ1) is 12.0. The number of aliphatic carboxylic acids is 1. The predicted octanol–water partition coefficient (Wildman–Crippen LogP) is 1.65. The van der Waals surface area contributed by atoms with Crippen molar-refractivity contribution in [3.63, 3.8) is 0 Å². The summed E-state index contributed by atoms with van der Waals surface area (Å²) in [6.07, 6.45) is -1.64. The molecular weight excluding hydrogens is 365 g/mol. The minimum absolute atomic E-state index is 0.148. The number of hydrogen-bond donors (Lipinski definition) is 3. The van der Waals surface area contributed by atoms with Crippen LogP contribution in [0.2, 0.25) is 0 Å². The normalized spacial score (nSPS) is 19.9. The van der Waals surface area contributed by atoms with Crippen molar-refractivity contribution in [1.82, 2.24) is 15.8 Å². The van der Waals surface area contributed by atoms with Crippen molar-refractivity contribution in [2.45, 2.75) is 38.3 Å². The van der Waals surface area contributed by atoms with E-state index in [4.69, 9.17) is 17.0 Å². The van der Waals surface area contributed by atoms with E-state index in [1.165, 1.54) is 12.1 Å². The molecule has 8 nitrogen and oxygen atoms in total. The molecule has 0 radical (unpaired) electrons. The van der Waals surface area contributed by atoms with Crippen LogP contribution in [0.4, 0.5) is 9.18 Å². The van der Waals surface area contributed by atoms with Crippen LogP contribution in [-0.2, 0) is 19.9 Å². The van der Waals surface area contributed by atoms with E-state index in [9.17, 15) is 23.9 Å². The summed E-state index contributed by atoms with van der Waals surface area (Å²) in [5.74, 6) is -2.63. The van der Waals surface area contributed by atoms with E-state index in [1.807, 2.05) is 0 Å². The Morgan fingerprint density at radius 1 is 1.35 bits per heavy atom. The highest BCUT2D eigenvalue weighted by Gasteiger charge is 2.55. The highest BCUT2D eigenvalue weighted by atomic mass is 32.1. The van der Waals surface area contributed by atoms with Crippen LogP contribution >= 0.6 is 12.2 Å². The van der Waals surface area contributed by atoms with Gasteiger partial charge in [-0.05, 0) is 50.7 Å². The van der Waals surface area contributed by atoms with Gasteiger partial charge in [0.2, 0.25) is 0 Å². The van der Waals surface area contributed by atoms with E-state index in [0.717, 1.165) is 17.1 Å². The molecule has 1 heterocycles. The first kappa shape index (κ1) is 19.6. The van der Waals surface area contributed by atoms with E-state index in [2.05, 4.69) is 10.7 Å². The average Bonchev–Trinajstić information content (AvgIpc) is 2.70. The zero-order valence-electron chi connectivity index (χ0n) is 14.3. The number of carboxylic acid groups (broad SMARTS) is 1. The summed E-state index contributed by atoms with van der Waals surface area (Å²) in [4.78, 5) is 36.2. The number of carboxylic acids is 1. The van der Waals surface area contributed by atoms with Gasteiger partial charge in [-0.25, -0.2) is 19.6 Å². The van der Waals surface area contributed by atoms with Crippen molar-refractivity contribution in [1.29, 1.82) is 0 Å². The minimum Gasteiger partial charge on any atom is -0.481 e. The van der Waals surface area contributed by atoms with Crippen LogP contribution in [0.25, 0.3) is 0 Å². The number of thiocarbonyl (C=S) groups is 1. The number of amides is 2. The fourth-order valence-electron chi connectivity index (χ4n) is 2.54. The molecule has 140 valence electrons. The van der Waals surface area contributed by atoms with Crippen molar-refractivity contribution in [3.05, 3.63) is 35.6 Å². The molecule has 1 fully saturated rings. The molecule has 0 aliphatic carbocycles. The number of ether oxygens (including phenoxy) is 1. The van der Waals surface area contributed by atoms with Gasteiger partial charge in [0.15, 0.2) is 10.7 Å². The van der Waals surface area contributed by atoms with Gasteiger partial charge in [-0.3, -0.25) is 14.9 Å². The lowest BCUT2D eigenvalue weighted by Gasteiger charge is -2.35. The summed E-state index contributed by atoms with van der Waals surface area (Å²) in [6.45, 7) is 4.92. The lowest BCUT2D eigenvalue weighted by Crippen LogP contribution is -2.57. The first-order valence-electron chi connectivity index (χ1n) is 7.59. The number of carbonyl (C=O) groups is 3. The van der Waals surface area contributed by atoms with Crippen LogP contribution in [0.1, 0.15) is 32.8 Å². The maximum Gasteiger partial charge on any atom is 0.426 e. The third-order valence-corrected chi connectivity index (χ3v) is 3.80. The lowest BCUT2D eigenvalue weighted by molar-refractivity contribution is -0.144. The molecule has 1 unspecified atom stereocenters. The Morgan fingerprint density at radius 2 is 1.92 bits per heavy atom. The molecule has 0 aromatic heterocycles. The van der Waals surface area contributed by atoms with Gasteiger partial charge in [0.05, 0.1) is 6.42 Å². The van der Waals surface area contributed by atoms with Crippen molar-refractivity contribution in [2.24, 2.45) is 0 Å². The van der Waals surface area contributed by atoms with Gasteiger partial charge in [-0.2, -0.15) is 0 Å². The van der Waals surface area contributed by atoms with Gasteiger partial charge in [0, 0.05) is 0 Å². The predicted molar refractivity (Wildman–Crippen MR) is 92.3 cm³/mol. The summed E-state index contributed by atoms with van der Waals surface area (Å²) in [5, 5.41) is 12.4. The van der Waals surface area contributed by atoms with Gasteiger partial charge in [0.25, 0.3) is 5.91 Å². The van der Waals surface area contributed by atoms with Gasteiger partial charge < -0.3 is 9.84 Å². The fraction of sp³-hybridized carbons (Fsp3) is 0.375. The van der Waals surface area contributed by atoms with Crippen molar-refractivity contribution in [2.75, 3.05) is 0 Å². The number of hydrazine groups is 1. The molecule has 2 rings (SSSR count). The molecule has 1 aromatic rings. The third kappa shape index (κ3) is 3.90. The van der Waals surface area contributed by atoms with Crippen LogP contribution in [-0.4, -0.2) is 38.8 Å². The van der Waals surface area contributed by atoms with Gasteiger partial charge >= 0.3 is 12.1 Å². The Morgan fingerprint density at radius 3 is 2.42 bits per heavy atom. The van der Waals surface area contributed by atoms with E-state index in [-0.39, 0.29) is 10.7 Å². The summed E-state index contributed by atoms with van der Waals surface area (Å²) < 4.78 is 18.4. The number of hydrogen-bond acceptors (Lipinski definition) is 5. The highest BCUT2D eigenvalue weighted by molar-refractivity contribution is 7.80. The molecule has 1 aromatic carbocycles. The molecule has 26 heavy (non-hydrogen) atoms. The molecule has 0 bridgehead atoms. The molecule has 0 spiro atoms. The SMILES string of the molecule is CC(C)(C)OC(=O)NN1C(=S)NC(=O)C1(CC(=O)O)c1ccc(F)cc1. The molecule has 10 heteroatoms. The van der Waals surface area contributed by atoms with Crippen LogP contribution in [0, 0.1) is 5.82 Å². The van der Waals surface area contributed by atoms with Crippen LogP contribution < -0.4 is 10.7 Å². The van der Waals surface area contributed by atoms with Crippen molar-refractivity contribution >= 4 is 35.3 Å². The Labute approximate surface area is 154 Å². The number of benzene rings is 1. The lowest BCUT2D eigenvalue weighted by atomic mass is 9.86. The zero-order valence-corrected chi connectivity index (χ0v) is 15.1. The smallest absolute Gasteiger partial charge is 0.426 e. The number of nitrogens with zero attached hydrogens (tertiary/aromatic N) is 1. The standard InChI is InChI=1S/C16H18FN3O5S/c1-15(2,3)25-14(24)19-20-13(26)18-12(23)16(20,8-11(21)22)9-4-6-10(17)7-5-9/h4-7H,8H2,1-3H3,(H,19,24)(H,21,22)(H,18,23,26). The number of carbonyl (C=O) groups excluding carboxylic acids is 2. The minimum atomic E-state index is -1.88. The molecular formula is C16H18FN3O5S. The molecule has 1 atom stereocenters. The molecule has 2 amide bonds. The monoisotopic (exact) mass is 383 g/mol. The maximum atomic E-state index is 13.3. The zero-order chi connectivity index (χ0) is 19.7. The first-order valence-corrected chi connectivity index (χ1v) is 7.99. The van der Waals surface area contributed by atoms with E-state index >= 15 is 0 Å². The number of halogens is 1. The van der Waals surface area contributed by atoms with Gasteiger partial charge in [0.1, 0.15) is 11.4 Å². The second-order valence-corrected chi connectivity index (χ2v) is 7.03. The second-order valence-electron chi connectivity index (χ2n) is 6.65. The summed E-state index contributed by atoms with van der Waals surface area (Å²) in [7, 11) is 0. The maximum absolute atomic E-state index is 13.3. The quantitative estimate of drug-likeness (QED) is 0.679. The highest BCUT2D eigenvalue weighted by Crippen LogP contribution is 2.35. The molecule has 1 aliphatic heterocycles. The number of rotatable bonds is 4. The third-order valence-electron chi connectivity index (χ3n) is 3.51. The number of nitrogens with one attached hydrogen (secondary N) is 2. The fourth-order valence-corrected chi connectivity index (χ4v) is 2.83. The Kier molecular flexibility index (Phi) is 5.17. The Hall–Kier alpha value is -2.75. The van der Waals surface area contributed by atoms with Crippen LogP contribution in [0.5, 0.6) is 0 Å². The molecule has 3 N–H and O–H groups in total. The second kappa shape index (κ2) is 6.87. The van der Waals surface area contributed by atoms with Crippen LogP contribution in [0.15, 0.2) is 24.3 Å².